The number of benzene rings is 1. The number of carbonyl (C=O) groups excluding carboxylic acids is 1. The van der Waals surface area contributed by atoms with Crippen molar-refractivity contribution in [1.29, 1.82) is 0 Å². The second-order valence-corrected chi connectivity index (χ2v) is 5.75. The molecule has 0 saturated heterocycles. The molecule has 1 amide bonds. The van der Waals surface area contributed by atoms with Crippen LogP contribution in [0.4, 0.5) is 0 Å². The van der Waals surface area contributed by atoms with Crippen molar-refractivity contribution in [2.45, 2.75) is 19.9 Å². The molecule has 0 fully saturated rings. The number of pyridine rings is 1. The summed E-state index contributed by atoms with van der Waals surface area (Å²) in [5.41, 5.74) is 1.27. The molecule has 2 N–H and O–H groups in total. The molecular weight excluding hydrogens is 308 g/mol. The number of nitrogens with zero attached hydrogens (tertiary/aromatic N) is 2. The molecular formula is C17H18N4O3. The fourth-order valence-corrected chi connectivity index (χ4v) is 2.39. The zero-order valence-corrected chi connectivity index (χ0v) is 13.7. The minimum absolute atomic E-state index is 0.0521. The number of hydrogen-bond acceptors (Lipinski definition) is 4. The number of rotatable bonds is 4. The normalized spacial score (nSPS) is 11.0. The first-order valence-electron chi connectivity index (χ1n) is 7.58. The molecule has 2 aromatic heterocycles. The van der Waals surface area contributed by atoms with Gasteiger partial charge in [0, 0.05) is 30.9 Å². The number of ether oxygens (including phenoxy) is 1. The van der Waals surface area contributed by atoms with Gasteiger partial charge in [0.2, 0.25) is 0 Å². The van der Waals surface area contributed by atoms with E-state index in [1.165, 1.54) is 4.57 Å². The Morgan fingerprint density at radius 1 is 1.33 bits per heavy atom. The number of H-pyrrole nitrogens is 1. The Hall–Kier alpha value is -3.09. The van der Waals surface area contributed by atoms with Gasteiger partial charge in [0.25, 0.3) is 5.91 Å². The third-order valence-electron chi connectivity index (χ3n) is 3.50. The van der Waals surface area contributed by atoms with Gasteiger partial charge in [0.1, 0.15) is 11.3 Å². The lowest BCUT2D eigenvalue weighted by Gasteiger charge is -2.11. The zero-order valence-electron chi connectivity index (χ0n) is 13.7. The first kappa shape index (κ1) is 15.8. The number of hydrogen-bond donors (Lipinski definition) is 2. The highest BCUT2D eigenvalue weighted by molar-refractivity contribution is 5.94. The number of carbonyl (C=O) groups is 1. The van der Waals surface area contributed by atoms with E-state index in [0.717, 1.165) is 0 Å². The van der Waals surface area contributed by atoms with Crippen molar-refractivity contribution in [3.05, 3.63) is 52.6 Å². The molecule has 0 bridgehead atoms. The zero-order chi connectivity index (χ0) is 17.3. The predicted octanol–water partition coefficient (Wildman–Crippen LogP) is 2.19. The summed E-state index contributed by atoms with van der Waals surface area (Å²) in [5, 5.41) is 2.84. The molecule has 0 atom stereocenters. The topological polar surface area (TPSA) is 89.0 Å². The molecule has 0 unspecified atom stereocenters. The van der Waals surface area contributed by atoms with Gasteiger partial charge >= 0.3 is 5.69 Å². The number of fused-ring (bicyclic) bond motifs is 1. The van der Waals surface area contributed by atoms with Crippen LogP contribution in [0.25, 0.3) is 11.2 Å². The van der Waals surface area contributed by atoms with Crippen molar-refractivity contribution in [3.63, 3.8) is 0 Å². The second-order valence-electron chi connectivity index (χ2n) is 5.75. The Morgan fingerprint density at radius 3 is 2.88 bits per heavy atom. The van der Waals surface area contributed by atoms with Crippen molar-refractivity contribution < 1.29 is 9.53 Å². The molecule has 3 rings (SSSR count). The van der Waals surface area contributed by atoms with E-state index in [-0.39, 0.29) is 17.6 Å². The minimum atomic E-state index is -0.265. The highest BCUT2D eigenvalue weighted by Gasteiger charge is 2.13. The van der Waals surface area contributed by atoms with Gasteiger partial charge in [0.15, 0.2) is 11.4 Å². The average molecular weight is 326 g/mol. The van der Waals surface area contributed by atoms with E-state index in [9.17, 15) is 9.59 Å². The van der Waals surface area contributed by atoms with Crippen molar-refractivity contribution in [1.82, 2.24) is 19.9 Å². The Balaban J connectivity index is 1.95. The van der Waals surface area contributed by atoms with Gasteiger partial charge in [-0.25, -0.2) is 9.78 Å². The average Bonchev–Trinajstić information content (AvgIpc) is 2.83. The molecule has 0 aliphatic heterocycles. The summed E-state index contributed by atoms with van der Waals surface area (Å²) in [6.07, 6.45) is 1.56. The Labute approximate surface area is 138 Å². The van der Waals surface area contributed by atoms with Crippen LogP contribution in [0.5, 0.6) is 11.5 Å². The van der Waals surface area contributed by atoms with E-state index in [0.29, 0.717) is 28.2 Å². The van der Waals surface area contributed by atoms with Crippen molar-refractivity contribution in [3.8, 4) is 11.5 Å². The number of amides is 1. The van der Waals surface area contributed by atoms with Gasteiger partial charge in [-0.15, -0.1) is 0 Å². The van der Waals surface area contributed by atoms with Crippen LogP contribution < -0.4 is 15.7 Å². The molecule has 24 heavy (non-hydrogen) atoms. The number of imidazole rings is 1. The Kier molecular flexibility index (Phi) is 4.07. The van der Waals surface area contributed by atoms with Crippen LogP contribution in [-0.2, 0) is 7.05 Å². The fraction of sp³-hybridized carbons (Fsp3) is 0.235. The maximum Gasteiger partial charge on any atom is 0.327 e. The van der Waals surface area contributed by atoms with Gasteiger partial charge in [-0.1, -0.05) is 6.07 Å². The van der Waals surface area contributed by atoms with Crippen LogP contribution >= 0.6 is 0 Å². The highest BCUT2D eigenvalue weighted by Crippen LogP contribution is 2.27. The van der Waals surface area contributed by atoms with Gasteiger partial charge < -0.3 is 10.1 Å². The summed E-state index contributed by atoms with van der Waals surface area (Å²) in [4.78, 5) is 30.6. The third kappa shape index (κ3) is 3.01. The predicted molar refractivity (Wildman–Crippen MR) is 90.5 cm³/mol. The number of nitrogens with one attached hydrogen (secondary N) is 2. The van der Waals surface area contributed by atoms with Crippen molar-refractivity contribution in [2.24, 2.45) is 7.05 Å². The van der Waals surface area contributed by atoms with E-state index in [2.05, 4.69) is 15.3 Å². The van der Waals surface area contributed by atoms with E-state index < -0.39 is 0 Å². The van der Waals surface area contributed by atoms with Gasteiger partial charge in [-0.05, 0) is 32.0 Å². The smallest absolute Gasteiger partial charge is 0.327 e. The molecule has 7 heteroatoms. The summed E-state index contributed by atoms with van der Waals surface area (Å²) in [5.74, 6) is 0.833. The minimum Gasteiger partial charge on any atom is -0.455 e. The van der Waals surface area contributed by atoms with Crippen LogP contribution in [0, 0.1) is 0 Å². The summed E-state index contributed by atoms with van der Waals surface area (Å²) >= 11 is 0. The fourth-order valence-electron chi connectivity index (χ4n) is 2.39. The van der Waals surface area contributed by atoms with Crippen LogP contribution in [-0.4, -0.2) is 26.5 Å². The maximum atomic E-state index is 12.1. The Morgan fingerprint density at radius 2 is 2.12 bits per heavy atom. The monoisotopic (exact) mass is 326 g/mol. The maximum absolute atomic E-state index is 12.1. The lowest BCUT2D eigenvalue weighted by Crippen LogP contribution is -2.29. The molecule has 1 aromatic carbocycles. The summed E-state index contributed by atoms with van der Waals surface area (Å²) in [7, 11) is 1.64. The largest absolute Gasteiger partial charge is 0.455 e. The third-order valence-corrected chi connectivity index (χ3v) is 3.50. The molecule has 3 aromatic rings. The van der Waals surface area contributed by atoms with Gasteiger partial charge in [-0.2, -0.15) is 0 Å². The Bertz CT molecular complexity index is 956. The van der Waals surface area contributed by atoms with Crippen molar-refractivity contribution >= 4 is 17.1 Å². The van der Waals surface area contributed by atoms with E-state index in [1.54, 1.807) is 43.6 Å². The van der Waals surface area contributed by atoms with E-state index in [1.807, 2.05) is 13.8 Å². The standard InChI is InChI=1S/C17H18N4O3/c1-10(2)19-16(22)11-5-4-6-12(9-11)24-13-7-8-18-15-14(13)21(3)17(23)20-15/h4-10H,1-3H3,(H,19,22)(H,18,20,23). The summed E-state index contributed by atoms with van der Waals surface area (Å²) in [6.45, 7) is 3.80. The quantitative estimate of drug-likeness (QED) is 0.769. The van der Waals surface area contributed by atoms with Crippen LogP contribution in [0.2, 0.25) is 0 Å². The van der Waals surface area contributed by atoms with Crippen LogP contribution in [0.3, 0.4) is 0 Å². The molecule has 0 saturated carbocycles. The lowest BCUT2D eigenvalue weighted by atomic mass is 10.2. The van der Waals surface area contributed by atoms with Gasteiger partial charge in [0.05, 0.1) is 0 Å². The van der Waals surface area contributed by atoms with E-state index >= 15 is 0 Å². The summed E-state index contributed by atoms with van der Waals surface area (Å²) in [6, 6.07) is 8.61. The molecule has 0 radical (unpaired) electrons. The van der Waals surface area contributed by atoms with Crippen molar-refractivity contribution in [2.75, 3.05) is 0 Å². The SMILES string of the molecule is CC(C)NC(=O)c1cccc(Oc2ccnc3[nH]c(=O)n(C)c23)c1. The van der Waals surface area contributed by atoms with Crippen LogP contribution in [0.1, 0.15) is 24.2 Å². The number of aromatic amines is 1. The molecule has 0 aliphatic rings. The molecule has 7 nitrogen and oxygen atoms in total. The molecule has 2 heterocycles. The molecule has 0 aliphatic carbocycles. The summed E-state index contributed by atoms with van der Waals surface area (Å²) < 4.78 is 7.32. The number of aryl methyl sites for hydroxylation is 1. The van der Waals surface area contributed by atoms with Crippen LogP contribution in [0.15, 0.2) is 41.3 Å². The number of aromatic nitrogens is 3. The first-order valence-corrected chi connectivity index (χ1v) is 7.58. The van der Waals surface area contributed by atoms with E-state index in [4.69, 9.17) is 4.74 Å². The second kappa shape index (κ2) is 6.19. The van der Waals surface area contributed by atoms with Gasteiger partial charge in [-0.3, -0.25) is 14.3 Å². The molecule has 0 spiro atoms. The lowest BCUT2D eigenvalue weighted by molar-refractivity contribution is 0.0943. The molecule has 124 valence electrons. The first-order chi connectivity index (χ1) is 11.5. The highest BCUT2D eigenvalue weighted by atomic mass is 16.5.